The Morgan fingerprint density at radius 3 is 2.50 bits per heavy atom. The molecule has 0 aliphatic rings. The Bertz CT molecular complexity index is 767. The number of hydrogen-bond donors (Lipinski definition) is 2. The van der Waals surface area contributed by atoms with Gasteiger partial charge in [0.05, 0.1) is 6.33 Å². The Morgan fingerprint density at radius 2 is 1.86 bits per heavy atom. The first-order chi connectivity index (χ1) is 10.4. The second-order valence-corrected chi connectivity index (χ2v) is 4.81. The molecule has 1 heterocycles. The summed E-state index contributed by atoms with van der Waals surface area (Å²) in [4.78, 5) is 38.7. The molecule has 2 amide bonds. The van der Waals surface area contributed by atoms with E-state index in [1.807, 2.05) is 0 Å². The highest BCUT2D eigenvalue weighted by Gasteiger charge is 2.06. The SMILES string of the molecule is CC(=O)Nc1cccc(NC(=O)Cn2cnc(C)cc2=O)c1. The molecule has 7 nitrogen and oxygen atoms in total. The normalized spacial score (nSPS) is 10.1. The zero-order chi connectivity index (χ0) is 16.1. The van der Waals surface area contributed by atoms with Crippen LogP contribution in [-0.2, 0) is 16.1 Å². The van der Waals surface area contributed by atoms with Gasteiger partial charge in [0.1, 0.15) is 6.54 Å². The zero-order valence-electron chi connectivity index (χ0n) is 12.3. The lowest BCUT2D eigenvalue weighted by Crippen LogP contribution is -2.27. The fraction of sp³-hybridized carbons (Fsp3) is 0.200. The van der Waals surface area contributed by atoms with Crippen molar-refractivity contribution in [3.05, 3.63) is 52.7 Å². The first-order valence-electron chi connectivity index (χ1n) is 6.64. The summed E-state index contributed by atoms with van der Waals surface area (Å²) in [7, 11) is 0. The Labute approximate surface area is 127 Å². The summed E-state index contributed by atoms with van der Waals surface area (Å²) in [6.45, 7) is 2.98. The number of hydrogen-bond acceptors (Lipinski definition) is 4. The van der Waals surface area contributed by atoms with Crippen LogP contribution >= 0.6 is 0 Å². The fourth-order valence-corrected chi connectivity index (χ4v) is 1.87. The number of aryl methyl sites for hydroxylation is 1. The molecule has 1 aromatic carbocycles. The van der Waals surface area contributed by atoms with Crippen LogP contribution < -0.4 is 16.2 Å². The van der Waals surface area contributed by atoms with Gasteiger partial charge in [-0.05, 0) is 25.1 Å². The van der Waals surface area contributed by atoms with Crippen molar-refractivity contribution in [2.45, 2.75) is 20.4 Å². The van der Waals surface area contributed by atoms with E-state index in [9.17, 15) is 14.4 Å². The molecular formula is C15H16N4O3. The van der Waals surface area contributed by atoms with E-state index in [4.69, 9.17) is 0 Å². The molecule has 0 radical (unpaired) electrons. The van der Waals surface area contributed by atoms with Crippen LogP contribution in [0.3, 0.4) is 0 Å². The summed E-state index contributed by atoms with van der Waals surface area (Å²) in [5.74, 6) is -0.548. The van der Waals surface area contributed by atoms with Crippen molar-refractivity contribution in [3.63, 3.8) is 0 Å². The lowest BCUT2D eigenvalue weighted by atomic mass is 10.2. The minimum Gasteiger partial charge on any atom is -0.326 e. The second-order valence-electron chi connectivity index (χ2n) is 4.81. The zero-order valence-corrected chi connectivity index (χ0v) is 12.3. The molecule has 2 rings (SSSR count). The predicted molar refractivity (Wildman–Crippen MR) is 82.6 cm³/mol. The molecule has 2 N–H and O–H groups in total. The summed E-state index contributed by atoms with van der Waals surface area (Å²) in [6.07, 6.45) is 1.34. The van der Waals surface area contributed by atoms with Gasteiger partial charge in [0, 0.05) is 30.1 Å². The summed E-state index contributed by atoms with van der Waals surface area (Å²) < 4.78 is 1.22. The van der Waals surface area contributed by atoms with Crippen LogP contribution in [0.2, 0.25) is 0 Å². The van der Waals surface area contributed by atoms with Crippen LogP contribution in [-0.4, -0.2) is 21.4 Å². The van der Waals surface area contributed by atoms with E-state index >= 15 is 0 Å². The minimum atomic E-state index is -0.354. The number of amides is 2. The average molecular weight is 300 g/mol. The number of anilines is 2. The molecule has 0 fully saturated rings. The molecule has 114 valence electrons. The molecule has 0 saturated carbocycles. The third-order valence-corrected chi connectivity index (χ3v) is 2.80. The van der Waals surface area contributed by atoms with Crippen LogP contribution in [0.4, 0.5) is 11.4 Å². The van der Waals surface area contributed by atoms with E-state index in [2.05, 4.69) is 15.6 Å². The van der Waals surface area contributed by atoms with E-state index in [0.717, 1.165) is 0 Å². The molecule has 2 aromatic rings. The third-order valence-electron chi connectivity index (χ3n) is 2.80. The van der Waals surface area contributed by atoms with E-state index in [-0.39, 0.29) is 23.9 Å². The lowest BCUT2D eigenvalue weighted by molar-refractivity contribution is -0.117. The third kappa shape index (κ3) is 4.27. The maximum Gasteiger partial charge on any atom is 0.253 e. The van der Waals surface area contributed by atoms with Crippen LogP contribution in [0, 0.1) is 6.92 Å². The number of benzene rings is 1. The van der Waals surface area contributed by atoms with E-state index < -0.39 is 0 Å². The van der Waals surface area contributed by atoms with Crippen molar-refractivity contribution in [2.75, 3.05) is 10.6 Å². The van der Waals surface area contributed by atoms with Crippen molar-refractivity contribution in [2.24, 2.45) is 0 Å². The molecule has 22 heavy (non-hydrogen) atoms. The van der Waals surface area contributed by atoms with Gasteiger partial charge in [-0.2, -0.15) is 0 Å². The molecule has 0 aliphatic carbocycles. The van der Waals surface area contributed by atoms with Crippen LogP contribution in [0.25, 0.3) is 0 Å². The van der Waals surface area contributed by atoms with Crippen molar-refractivity contribution < 1.29 is 9.59 Å². The van der Waals surface area contributed by atoms with Gasteiger partial charge in [0.15, 0.2) is 0 Å². The number of rotatable bonds is 4. The van der Waals surface area contributed by atoms with Gasteiger partial charge >= 0.3 is 0 Å². The molecule has 7 heteroatoms. The standard InChI is InChI=1S/C15H16N4O3/c1-10-6-15(22)19(9-16-10)8-14(21)18-13-5-3-4-12(7-13)17-11(2)20/h3-7,9H,8H2,1-2H3,(H,17,20)(H,18,21). The van der Waals surface area contributed by atoms with Gasteiger partial charge in [0.2, 0.25) is 11.8 Å². The highest BCUT2D eigenvalue weighted by Crippen LogP contribution is 2.14. The van der Waals surface area contributed by atoms with Crippen molar-refractivity contribution in [1.29, 1.82) is 0 Å². The maximum atomic E-state index is 12.0. The van der Waals surface area contributed by atoms with Gasteiger partial charge in [-0.1, -0.05) is 6.07 Å². The summed E-state index contributed by atoms with van der Waals surface area (Å²) in [5, 5.41) is 5.30. The molecule has 0 spiro atoms. The highest BCUT2D eigenvalue weighted by molar-refractivity contribution is 5.93. The van der Waals surface area contributed by atoms with Crippen molar-refractivity contribution in [3.8, 4) is 0 Å². The van der Waals surface area contributed by atoms with E-state index in [1.165, 1.54) is 23.9 Å². The summed E-state index contributed by atoms with van der Waals surface area (Å²) in [5.41, 5.74) is 1.43. The number of nitrogens with one attached hydrogen (secondary N) is 2. The maximum absolute atomic E-state index is 12.0. The quantitative estimate of drug-likeness (QED) is 0.885. The van der Waals surface area contributed by atoms with Crippen LogP contribution in [0.5, 0.6) is 0 Å². The number of nitrogens with zero attached hydrogens (tertiary/aromatic N) is 2. The average Bonchev–Trinajstić information content (AvgIpc) is 2.41. The van der Waals surface area contributed by atoms with Crippen LogP contribution in [0.1, 0.15) is 12.6 Å². The topological polar surface area (TPSA) is 93.1 Å². The molecule has 0 unspecified atom stereocenters. The van der Waals surface area contributed by atoms with E-state index in [1.54, 1.807) is 31.2 Å². The molecule has 0 saturated heterocycles. The Hall–Kier alpha value is -2.96. The number of carbonyl (C=O) groups is 2. The Balaban J connectivity index is 2.05. The molecule has 0 bridgehead atoms. The van der Waals surface area contributed by atoms with Gasteiger partial charge in [-0.15, -0.1) is 0 Å². The predicted octanol–water partition coefficient (Wildman–Crippen LogP) is 1.15. The largest absolute Gasteiger partial charge is 0.326 e. The Kier molecular flexibility index (Phi) is 4.67. The monoisotopic (exact) mass is 300 g/mol. The fourth-order valence-electron chi connectivity index (χ4n) is 1.87. The molecular weight excluding hydrogens is 284 g/mol. The van der Waals surface area contributed by atoms with Crippen molar-refractivity contribution in [1.82, 2.24) is 9.55 Å². The first kappa shape index (κ1) is 15.4. The first-order valence-corrected chi connectivity index (χ1v) is 6.64. The van der Waals surface area contributed by atoms with Crippen LogP contribution in [0.15, 0.2) is 41.5 Å². The lowest BCUT2D eigenvalue weighted by Gasteiger charge is -2.09. The highest BCUT2D eigenvalue weighted by atomic mass is 16.2. The van der Waals surface area contributed by atoms with Gasteiger partial charge in [0.25, 0.3) is 5.56 Å². The molecule has 1 aromatic heterocycles. The van der Waals surface area contributed by atoms with Gasteiger partial charge in [-0.3, -0.25) is 19.0 Å². The van der Waals surface area contributed by atoms with Crippen molar-refractivity contribution >= 4 is 23.2 Å². The van der Waals surface area contributed by atoms with Gasteiger partial charge < -0.3 is 10.6 Å². The second kappa shape index (κ2) is 6.66. The summed E-state index contributed by atoms with van der Waals surface area (Å²) >= 11 is 0. The van der Waals surface area contributed by atoms with E-state index in [0.29, 0.717) is 17.1 Å². The smallest absolute Gasteiger partial charge is 0.253 e. The molecule has 0 atom stereocenters. The summed E-state index contributed by atoms with van der Waals surface area (Å²) in [6, 6.07) is 8.12. The minimum absolute atomic E-state index is 0.128. The number of carbonyl (C=O) groups excluding carboxylic acids is 2. The molecule has 0 aliphatic heterocycles. The number of aromatic nitrogens is 2. The van der Waals surface area contributed by atoms with Gasteiger partial charge in [-0.25, -0.2) is 4.98 Å². The Morgan fingerprint density at radius 1 is 1.18 bits per heavy atom.